The number of urea groups is 1. The van der Waals surface area contributed by atoms with Gasteiger partial charge in [0.25, 0.3) is 0 Å². The fourth-order valence-corrected chi connectivity index (χ4v) is 3.92. The molecular formula is C20H25ClN6O. The SMILES string of the molecule is Cc1ccc(-c2ncc(CN3CCNC3=O)c(N3CCC(CN)C3)n2)cc1Cl. The number of halogens is 1. The van der Waals surface area contributed by atoms with Gasteiger partial charge in [-0.25, -0.2) is 14.8 Å². The van der Waals surface area contributed by atoms with Crippen molar-refractivity contribution in [1.29, 1.82) is 0 Å². The van der Waals surface area contributed by atoms with Gasteiger partial charge in [-0.05, 0) is 37.4 Å². The van der Waals surface area contributed by atoms with Crippen molar-refractivity contribution in [3.63, 3.8) is 0 Å². The van der Waals surface area contributed by atoms with Gasteiger partial charge in [0.15, 0.2) is 5.82 Å². The second kappa shape index (κ2) is 7.93. The lowest BCUT2D eigenvalue weighted by molar-refractivity contribution is 0.215. The summed E-state index contributed by atoms with van der Waals surface area (Å²) in [5.74, 6) is 2.00. The Morgan fingerprint density at radius 1 is 1.36 bits per heavy atom. The van der Waals surface area contributed by atoms with E-state index in [1.807, 2.05) is 31.3 Å². The molecule has 4 rings (SSSR count). The van der Waals surface area contributed by atoms with Crippen LogP contribution in [0, 0.1) is 12.8 Å². The Labute approximate surface area is 169 Å². The normalized spacial score (nSPS) is 19.4. The zero-order valence-electron chi connectivity index (χ0n) is 16.0. The van der Waals surface area contributed by atoms with Crippen molar-refractivity contribution in [2.24, 2.45) is 11.7 Å². The minimum Gasteiger partial charge on any atom is -0.356 e. The number of aryl methyl sites for hydroxylation is 1. The lowest BCUT2D eigenvalue weighted by atomic mass is 10.1. The van der Waals surface area contributed by atoms with Gasteiger partial charge in [-0.2, -0.15) is 0 Å². The van der Waals surface area contributed by atoms with Crippen molar-refractivity contribution in [2.75, 3.05) is 37.6 Å². The van der Waals surface area contributed by atoms with Crippen molar-refractivity contribution >= 4 is 23.4 Å². The van der Waals surface area contributed by atoms with Gasteiger partial charge >= 0.3 is 6.03 Å². The molecule has 8 heteroatoms. The van der Waals surface area contributed by atoms with Crippen LogP contribution >= 0.6 is 11.6 Å². The molecule has 2 aliphatic heterocycles. The fourth-order valence-electron chi connectivity index (χ4n) is 3.74. The van der Waals surface area contributed by atoms with Crippen LogP contribution in [0.3, 0.4) is 0 Å². The lowest BCUT2D eigenvalue weighted by Crippen LogP contribution is -2.30. The molecule has 2 aliphatic rings. The molecule has 1 aromatic heterocycles. The third kappa shape index (κ3) is 3.77. The van der Waals surface area contributed by atoms with Gasteiger partial charge in [0, 0.05) is 48.5 Å². The second-order valence-corrected chi connectivity index (χ2v) is 7.90. The first-order valence-corrected chi connectivity index (χ1v) is 10.0. The van der Waals surface area contributed by atoms with Gasteiger partial charge in [-0.15, -0.1) is 0 Å². The van der Waals surface area contributed by atoms with E-state index >= 15 is 0 Å². The molecule has 2 fully saturated rings. The average molecular weight is 401 g/mol. The summed E-state index contributed by atoms with van der Waals surface area (Å²) >= 11 is 6.30. The molecule has 1 unspecified atom stereocenters. The molecule has 2 amide bonds. The van der Waals surface area contributed by atoms with Crippen molar-refractivity contribution in [3.8, 4) is 11.4 Å². The molecule has 3 heterocycles. The number of nitrogens with zero attached hydrogens (tertiary/aromatic N) is 4. The summed E-state index contributed by atoms with van der Waals surface area (Å²) < 4.78 is 0. The molecule has 7 nitrogen and oxygen atoms in total. The molecule has 1 atom stereocenters. The Morgan fingerprint density at radius 3 is 2.89 bits per heavy atom. The van der Waals surface area contributed by atoms with Crippen LogP contribution in [0.5, 0.6) is 0 Å². The first-order valence-electron chi connectivity index (χ1n) is 9.65. The minimum absolute atomic E-state index is 0.0402. The number of nitrogens with one attached hydrogen (secondary N) is 1. The third-order valence-corrected chi connectivity index (χ3v) is 5.90. The average Bonchev–Trinajstić information content (AvgIpc) is 3.34. The van der Waals surface area contributed by atoms with E-state index in [-0.39, 0.29) is 6.03 Å². The Balaban J connectivity index is 1.69. The van der Waals surface area contributed by atoms with Crippen LogP contribution in [-0.2, 0) is 6.54 Å². The number of anilines is 1. The highest BCUT2D eigenvalue weighted by molar-refractivity contribution is 6.31. The molecule has 2 saturated heterocycles. The minimum atomic E-state index is -0.0402. The second-order valence-electron chi connectivity index (χ2n) is 7.50. The maximum atomic E-state index is 12.0. The monoisotopic (exact) mass is 400 g/mol. The van der Waals surface area contributed by atoms with Gasteiger partial charge in [0.1, 0.15) is 5.82 Å². The smallest absolute Gasteiger partial charge is 0.317 e. The number of hydrogen-bond acceptors (Lipinski definition) is 5. The predicted molar refractivity (Wildman–Crippen MR) is 110 cm³/mol. The Bertz CT molecular complexity index is 889. The molecule has 2 aromatic rings. The molecule has 148 valence electrons. The number of carbonyl (C=O) groups is 1. The Hall–Kier alpha value is -2.38. The summed E-state index contributed by atoms with van der Waals surface area (Å²) in [6, 6.07) is 5.82. The van der Waals surface area contributed by atoms with Crippen LogP contribution in [-0.4, -0.2) is 53.6 Å². The van der Waals surface area contributed by atoms with Gasteiger partial charge in [-0.3, -0.25) is 0 Å². The molecule has 3 N–H and O–H groups in total. The maximum Gasteiger partial charge on any atom is 0.317 e. The zero-order chi connectivity index (χ0) is 19.7. The number of nitrogens with two attached hydrogens (primary N) is 1. The number of aromatic nitrogens is 2. The van der Waals surface area contributed by atoms with Crippen molar-refractivity contribution in [3.05, 3.63) is 40.5 Å². The number of amides is 2. The van der Waals surface area contributed by atoms with E-state index in [4.69, 9.17) is 22.3 Å². The molecule has 0 bridgehead atoms. The van der Waals surface area contributed by atoms with Gasteiger partial charge in [-0.1, -0.05) is 23.7 Å². The van der Waals surface area contributed by atoms with Crippen LogP contribution in [0.15, 0.2) is 24.4 Å². The van der Waals surface area contributed by atoms with E-state index in [0.717, 1.165) is 42.0 Å². The van der Waals surface area contributed by atoms with Crippen LogP contribution < -0.4 is 16.0 Å². The summed E-state index contributed by atoms with van der Waals surface area (Å²) in [6.45, 7) is 6.30. The first-order chi connectivity index (χ1) is 13.5. The standard InChI is InChI=1S/C20H25ClN6O/c1-13-2-3-15(8-17(13)21)18-24-10-16(12-27-7-5-23-20(27)28)19(25-18)26-6-4-14(9-22)11-26/h2-3,8,10,14H,4-7,9,11-12,22H2,1H3,(H,23,28). The van der Waals surface area contributed by atoms with Crippen LogP contribution in [0.4, 0.5) is 10.6 Å². The summed E-state index contributed by atoms with van der Waals surface area (Å²) in [5, 5.41) is 3.54. The van der Waals surface area contributed by atoms with Gasteiger partial charge in [0.05, 0.1) is 6.54 Å². The fraction of sp³-hybridized carbons (Fsp3) is 0.450. The molecule has 1 aromatic carbocycles. The molecule has 0 spiro atoms. The third-order valence-electron chi connectivity index (χ3n) is 5.50. The highest BCUT2D eigenvalue weighted by Gasteiger charge is 2.27. The number of benzene rings is 1. The highest BCUT2D eigenvalue weighted by Crippen LogP contribution is 2.29. The Kier molecular flexibility index (Phi) is 5.37. The largest absolute Gasteiger partial charge is 0.356 e. The molecule has 0 saturated carbocycles. The highest BCUT2D eigenvalue weighted by atomic mass is 35.5. The number of hydrogen-bond donors (Lipinski definition) is 2. The van der Waals surface area contributed by atoms with E-state index in [0.29, 0.717) is 42.9 Å². The summed E-state index contributed by atoms with van der Waals surface area (Å²) in [4.78, 5) is 25.5. The van der Waals surface area contributed by atoms with Crippen molar-refractivity contribution in [1.82, 2.24) is 20.2 Å². The first kappa shape index (κ1) is 19.0. The van der Waals surface area contributed by atoms with Crippen LogP contribution in [0.1, 0.15) is 17.5 Å². The topological polar surface area (TPSA) is 87.4 Å². The maximum absolute atomic E-state index is 12.0. The predicted octanol–water partition coefficient (Wildman–Crippen LogP) is 2.42. The van der Waals surface area contributed by atoms with E-state index in [1.54, 1.807) is 4.90 Å². The van der Waals surface area contributed by atoms with Crippen LogP contribution in [0.25, 0.3) is 11.4 Å². The summed E-state index contributed by atoms with van der Waals surface area (Å²) in [6.07, 6.45) is 2.89. The lowest BCUT2D eigenvalue weighted by Gasteiger charge is -2.23. The van der Waals surface area contributed by atoms with Crippen LogP contribution in [0.2, 0.25) is 5.02 Å². The van der Waals surface area contributed by atoms with Gasteiger partial charge < -0.3 is 20.9 Å². The van der Waals surface area contributed by atoms with E-state index in [9.17, 15) is 4.79 Å². The zero-order valence-corrected chi connectivity index (χ0v) is 16.7. The van der Waals surface area contributed by atoms with Crippen molar-refractivity contribution < 1.29 is 4.79 Å². The number of carbonyl (C=O) groups excluding carboxylic acids is 1. The summed E-state index contributed by atoms with van der Waals surface area (Å²) in [5.41, 5.74) is 8.74. The molecule has 28 heavy (non-hydrogen) atoms. The quantitative estimate of drug-likeness (QED) is 0.804. The van der Waals surface area contributed by atoms with E-state index < -0.39 is 0 Å². The Morgan fingerprint density at radius 2 is 2.21 bits per heavy atom. The molecule has 0 aliphatic carbocycles. The molecular weight excluding hydrogens is 376 g/mol. The summed E-state index contributed by atoms with van der Waals surface area (Å²) in [7, 11) is 0. The van der Waals surface area contributed by atoms with E-state index in [2.05, 4.69) is 15.2 Å². The number of rotatable bonds is 5. The molecule has 0 radical (unpaired) electrons. The van der Waals surface area contributed by atoms with Gasteiger partial charge in [0.2, 0.25) is 0 Å². The van der Waals surface area contributed by atoms with Crippen molar-refractivity contribution in [2.45, 2.75) is 19.9 Å². The van der Waals surface area contributed by atoms with E-state index in [1.165, 1.54) is 0 Å².